The highest BCUT2D eigenvalue weighted by Crippen LogP contribution is 2.44. The molecular weight excluding hydrogens is 766 g/mol. The van der Waals surface area contributed by atoms with Crippen LogP contribution in [0, 0.1) is 0 Å². The fourth-order valence-electron chi connectivity index (χ4n) is 5.94. The Morgan fingerprint density at radius 1 is 0.458 bits per heavy atom. The van der Waals surface area contributed by atoms with Crippen molar-refractivity contribution in [3.63, 3.8) is 0 Å². The Balaban J connectivity index is 0.931. The Labute approximate surface area is 350 Å². The average Bonchev–Trinajstić information content (AvgIpc) is 3.57. The summed E-state index contributed by atoms with van der Waals surface area (Å²) in [6.07, 6.45) is 4.28. The van der Waals surface area contributed by atoms with Crippen molar-refractivity contribution in [1.82, 2.24) is 5.32 Å². The van der Waals surface area contributed by atoms with Crippen molar-refractivity contribution >= 4 is 12.1 Å². The van der Waals surface area contributed by atoms with Crippen LogP contribution in [0.25, 0.3) is 11.1 Å². The van der Waals surface area contributed by atoms with Gasteiger partial charge in [-0.1, -0.05) is 74.7 Å². The normalized spacial score (nSPS) is 12.1. The number of benzene rings is 2. The van der Waals surface area contributed by atoms with E-state index in [4.69, 9.17) is 56.8 Å². The number of hydrogen-bond acceptors (Lipinski definition) is 14. The molecular formula is C44H69NO14. The number of carbonyl (C=O) groups excluding carboxylic acids is 2. The maximum Gasteiger partial charge on any atom is 0.407 e. The molecule has 0 saturated heterocycles. The number of esters is 1. The first-order valence-corrected chi connectivity index (χ1v) is 21.2. The molecule has 1 N–H and O–H groups in total. The molecule has 15 heteroatoms. The molecule has 1 aliphatic carbocycles. The van der Waals surface area contributed by atoms with E-state index < -0.39 is 6.09 Å². The standard InChI is InChI=1S/C44H69NO14/c1-2-3-4-5-14-43(46)58-36-35-57-34-33-56-32-31-55-30-29-54-28-27-53-26-25-52-24-23-51-22-21-50-20-19-49-18-17-48-16-15-45-44(47)59-37-42-40-12-8-6-10-38(40)39-11-7-9-13-41(39)42/h6-13,42H,2-5,14-37H2,1H3,(H,45,47). The van der Waals surface area contributed by atoms with Crippen LogP contribution in [0.3, 0.4) is 0 Å². The molecule has 0 atom stereocenters. The van der Waals surface area contributed by atoms with Crippen LogP contribution in [0.5, 0.6) is 0 Å². The first-order chi connectivity index (χ1) is 29.2. The molecule has 0 saturated carbocycles. The van der Waals surface area contributed by atoms with E-state index in [1.807, 2.05) is 24.3 Å². The van der Waals surface area contributed by atoms with E-state index in [0.29, 0.717) is 145 Å². The molecule has 0 aromatic heterocycles. The fourth-order valence-corrected chi connectivity index (χ4v) is 5.94. The molecule has 0 bridgehead atoms. The van der Waals surface area contributed by atoms with Crippen molar-refractivity contribution in [2.75, 3.05) is 152 Å². The highest BCUT2D eigenvalue weighted by atomic mass is 16.6. The van der Waals surface area contributed by atoms with E-state index in [1.54, 1.807) is 0 Å². The van der Waals surface area contributed by atoms with Gasteiger partial charge in [0.15, 0.2) is 0 Å². The number of fused-ring (bicyclic) bond motifs is 3. The number of unbranched alkanes of at least 4 members (excludes halogenated alkanes) is 3. The second-order valence-corrected chi connectivity index (χ2v) is 13.4. The first kappa shape index (κ1) is 50.1. The minimum atomic E-state index is -0.455. The third-order valence-electron chi connectivity index (χ3n) is 8.93. The molecule has 0 heterocycles. The fraction of sp³-hybridized carbons (Fsp3) is 0.682. The zero-order valence-corrected chi connectivity index (χ0v) is 35.2. The Bertz CT molecular complexity index is 1290. The van der Waals surface area contributed by atoms with Gasteiger partial charge in [0.25, 0.3) is 0 Å². The van der Waals surface area contributed by atoms with Gasteiger partial charge in [-0.25, -0.2) is 4.79 Å². The smallest absolute Gasteiger partial charge is 0.407 e. The van der Waals surface area contributed by atoms with Gasteiger partial charge in [-0.3, -0.25) is 4.79 Å². The van der Waals surface area contributed by atoms with Gasteiger partial charge >= 0.3 is 12.1 Å². The van der Waals surface area contributed by atoms with Crippen molar-refractivity contribution in [1.29, 1.82) is 0 Å². The van der Waals surface area contributed by atoms with Gasteiger partial charge in [-0.15, -0.1) is 0 Å². The van der Waals surface area contributed by atoms with Gasteiger partial charge in [-0.05, 0) is 28.7 Å². The number of carbonyl (C=O) groups is 2. The third kappa shape index (κ3) is 24.6. The Morgan fingerprint density at radius 3 is 1.24 bits per heavy atom. The van der Waals surface area contributed by atoms with Gasteiger partial charge in [0.05, 0.1) is 132 Å². The van der Waals surface area contributed by atoms with Crippen LogP contribution in [0.1, 0.15) is 56.1 Å². The quantitative estimate of drug-likeness (QED) is 0.0690. The predicted molar refractivity (Wildman–Crippen MR) is 221 cm³/mol. The Morgan fingerprint density at radius 2 is 0.831 bits per heavy atom. The van der Waals surface area contributed by atoms with Crippen LogP contribution < -0.4 is 5.32 Å². The van der Waals surface area contributed by atoms with Gasteiger partial charge in [0.2, 0.25) is 0 Å². The predicted octanol–water partition coefficient (Wildman–Crippen LogP) is 5.20. The number of amides is 1. The highest BCUT2D eigenvalue weighted by molar-refractivity contribution is 5.79. The molecule has 0 spiro atoms. The van der Waals surface area contributed by atoms with E-state index in [-0.39, 0.29) is 25.1 Å². The molecule has 2 aromatic rings. The van der Waals surface area contributed by atoms with Gasteiger partial charge in [0, 0.05) is 18.9 Å². The zero-order valence-electron chi connectivity index (χ0n) is 35.2. The van der Waals surface area contributed by atoms with Crippen LogP contribution in [0.15, 0.2) is 48.5 Å². The second-order valence-electron chi connectivity index (χ2n) is 13.4. The summed E-state index contributed by atoms with van der Waals surface area (Å²) in [4.78, 5) is 23.8. The molecule has 1 aliphatic rings. The minimum absolute atomic E-state index is 0.0334. The van der Waals surface area contributed by atoms with Crippen LogP contribution in [-0.4, -0.2) is 164 Å². The van der Waals surface area contributed by atoms with Gasteiger partial charge in [-0.2, -0.15) is 0 Å². The monoisotopic (exact) mass is 835 g/mol. The second kappa shape index (κ2) is 35.5. The third-order valence-corrected chi connectivity index (χ3v) is 8.93. The van der Waals surface area contributed by atoms with Crippen molar-refractivity contribution < 1.29 is 66.4 Å². The lowest BCUT2D eigenvalue weighted by Crippen LogP contribution is -2.29. The highest BCUT2D eigenvalue weighted by Gasteiger charge is 2.29. The molecule has 2 aromatic carbocycles. The number of hydrogen-bond donors (Lipinski definition) is 1. The summed E-state index contributed by atoms with van der Waals surface area (Å²) in [7, 11) is 0. The lowest BCUT2D eigenvalue weighted by molar-refractivity contribution is -0.145. The number of alkyl carbamates (subject to hydrolysis) is 1. The molecule has 1 amide bonds. The van der Waals surface area contributed by atoms with Crippen LogP contribution in [0.4, 0.5) is 4.79 Å². The summed E-state index contributed by atoms with van der Waals surface area (Å²) >= 11 is 0. The summed E-state index contributed by atoms with van der Waals surface area (Å²) < 4.78 is 65.6. The summed E-state index contributed by atoms with van der Waals surface area (Å²) in [6.45, 7) is 12.2. The van der Waals surface area contributed by atoms with E-state index in [9.17, 15) is 9.59 Å². The molecule has 59 heavy (non-hydrogen) atoms. The van der Waals surface area contributed by atoms with Crippen LogP contribution >= 0.6 is 0 Å². The number of nitrogens with one attached hydrogen (secondary N) is 1. The minimum Gasteiger partial charge on any atom is -0.463 e. The van der Waals surface area contributed by atoms with Crippen LogP contribution in [0.2, 0.25) is 0 Å². The largest absolute Gasteiger partial charge is 0.463 e. The lowest BCUT2D eigenvalue weighted by Gasteiger charge is -2.14. The van der Waals surface area contributed by atoms with Crippen LogP contribution in [-0.2, 0) is 61.6 Å². The number of rotatable bonds is 40. The summed E-state index contributed by atoms with van der Waals surface area (Å²) in [5, 5.41) is 2.74. The molecule has 0 fully saturated rings. The first-order valence-electron chi connectivity index (χ1n) is 21.2. The molecule has 0 radical (unpaired) electrons. The van der Waals surface area contributed by atoms with E-state index in [1.165, 1.54) is 22.3 Å². The molecule has 334 valence electrons. The van der Waals surface area contributed by atoms with Crippen molar-refractivity contribution in [2.24, 2.45) is 0 Å². The Kier molecular flexibility index (Phi) is 30.2. The van der Waals surface area contributed by atoms with Gasteiger partial charge in [0.1, 0.15) is 13.2 Å². The summed E-state index contributed by atoms with van der Waals surface area (Å²) in [5.74, 6) is -0.124. The molecule has 0 unspecified atom stereocenters. The maximum absolute atomic E-state index is 12.3. The molecule has 15 nitrogen and oxygen atoms in total. The maximum atomic E-state index is 12.3. The molecule has 3 rings (SSSR count). The van der Waals surface area contributed by atoms with Gasteiger partial charge < -0.3 is 62.2 Å². The van der Waals surface area contributed by atoms with E-state index in [2.05, 4.69) is 36.5 Å². The number of ether oxygens (including phenoxy) is 12. The van der Waals surface area contributed by atoms with E-state index in [0.717, 1.165) is 25.7 Å². The summed E-state index contributed by atoms with van der Waals surface area (Å²) in [6, 6.07) is 16.5. The van der Waals surface area contributed by atoms with Crippen molar-refractivity contribution in [3.8, 4) is 11.1 Å². The average molecular weight is 836 g/mol. The zero-order chi connectivity index (χ0) is 41.7. The topological polar surface area (TPSA) is 157 Å². The molecule has 0 aliphatic heterocycles. The van der Waals surface area contributed by atoms with Crippen molar-refractivity contribution in [2.45, 2.75) is 44.9 Å². The van der Waals surface area contributed by atoms with E-state index >= 15 is 0 Å². The lowest BCUT2D eigenvalue weighted by atomic mass is 9.98. The SMILES string of the molecule is CCCCCCC(=O)OCCOCCOCCOCCOCCOCCOCCOCCOCCOCCOCCNC(=O)OCC1c2ccccc2-c2ccccc21. The Hall–Kier alpha value is -3.22. The van der Waals surface area contributed by atoms with Crippen molar-refractivity contribution in [3.05, 3.63) is 59.7 Å². The summed E-state index contributed by atoms with van der Waals surface area (Å²) in [5.41, 5.74) is 4.76.